The zero-order chi connectivity index (χ0) is 10.2. The van der Waals surface area contributed by atoms with Gasteiger partial charge in [0.25, 0.3) is 0 Å². The summed E-state index contributed by atoms with van der Waals surface area (Å²) < 4.78 is 22.2. The number of aryl methyl sites for hydroxylation is 2. The number of halogens is 1. The summed E-state index contributed by atoms with van der Waals surface area (Å²) in [5, 5.41) is 5.18. The maximum absolute atomic E-state index is 11.1. The Labute approximate surface area is 82.6 Å². The van der Waals surface area contributed by atoms with E-state index in [-0.39, 0.29) is 9.92 Å². The summed E-state index contributed by atoms with van der Waals surface area (Å²) in [7, 11) is -3.71. The predicted molar refractivity (Wildman–Crippen MR) is 52.3 cm³/mol. The third-order valence-electron chi connectivity index (χ3n) is 1.66. The lowest BCUT2D eigenvalue weighted by molar-refractivity contribution is 0.597. The van der Waals surface area contributed by atoms with Crippen molar-refractivity contribution in [2.24, 2.45) is 5.14 Å². The van der Waals surface area contributed by atoms with Gasteiger partial charge in [-0.25, -0.2) is 13.6 Å². The molecule has 0 saturated carbocycles. The normalized spacial score (nSPS) is 11.7. The van der Waals surface area contributed by atoms with Crippen molar-refractivity contribution in [3.05, 3.63) is 28.3 Å². The second-order valence-corrected chi connectivity index (χ2v) is 4.84. The van der Waals surface area contributed by atoms with Crippen molar-refractivity contribution in [2.45, 2.75) is 18.7 Å². The van der Waals surface area contributed by atoms with Crippen LogP contribution in [0.15, 0.2) is 17.0 Å². The first-order chi connectivity index (χ1) is 5.82. The van der Waals surface area contributed by atoms with Gasteiger partial charge >= 0.3 is 0 Å². The van der Waals surface area contributed by atoms with E-state index >= 15 is 0 Å². The third kappa shape index (κ3) is 2.21. The number of hydrogen-bond acceptors (Lipinski definition) is 2. The van der Waals surface area contributed by atoms with E-state index in [9.17, 15) is 8.42 Å². The van der Waals surface area contributed by atoms with Crippen LogP contribution in [0, 0.1) is 13.8 Å². The van der Waals surface area contributed by atoms with E-state index in [0.717, 1.165) is 5.56 Å². The molecule has 72 valence electrons. The van der Waals surface area contributed by atoms with E-state index in [1.54, 1.807) is 19.1 Å². The highest BCUT2D eigenvalue weighted by molar-refractivity contribution is 7.89. The summed E-state index contributed by atoms with van der Waals surface area (Å²) >= 11 is 5.76. The van der Waals surface area contributed by atoms with E-state index < -0.39 is 10.0 Å². The van der Waals surface area contributed by atoms with Gasteiger partial charge in [0.1, 0.15) is 4.90 Å². The molecule has 3 nitrogen and oxygen atoms in total. The Balaban J connectivity index is 3.57. The first-order valence-corrected chi connectivity index (χ1v) is 5.54. The molecule has 0 unspecified atom stereocenters. The molecular weight excluding hydrogens is 210 g/mol. The average molecular weight is 220 g/mol. The minimum Gasteiger partial charge on any atom is -0.225 e. The molecule has 0 bridgehead atoms. The highest BCUT2D eigenvalue weighted by Gasteiger charge is 2.15. The molecule has 0 spiro atoms. The Morgan fingerprint density at radius 3 is 2.23 bits per heavy atom. The fourth-order valence-corrected chi connectivity index (χ4v) is 2.75. The van der Waals surface area contributed by atoms with Crippen LogP contribution in [0.4, 0.5) is 0 Å². The Hall–Kier alpha value is -0.580. The molecule has 13 heavy (non-hydrogen) atoms. The summed E-state index contributed by atoms with van der Waals surface area (Å²) in [4.78, 5) is 0.0137. The van der Waals surface area contributed by atoms with E-state index in [2.05, 4.69) is 0 Å². The summed E-state index contributed by atoms with van der Waals surface area (Å²) in [5.41, 5.74) is 1.49. The molecular formula is C8H10ClNO2S. The number of hydrogen-bond donors (Lipinski definition) is 1. The van der Waals surface area contributed by atoms with Crippen molar-refractivity contribution in [1.82, 2.24) is 0 Å². The van der Waals surface area contributed by atoms with Crippen LogP contribution in [0.2, 0.25) is 5.02 Å². The number of benzene rings is 1. The summed E-state index contributed by atoms with van der Waals surface area (Å²) in [5.74, 6) is 0. The molecule has 0 heterocycles. The smallest absolute Gasteiger partial charge is 0.225 e. The number of primary sulfonamides is 1. The molecule has 0 aromatic heterocycles. The molecule has 0 saturated heterocycles. The Bertz CT molecular complexity index is 416. The molecule has 1 rings (SSSR count). The molecule has 0 fully saturated rings. The van der Waals surface area contributed by atoms with Crippen molar-refractivity contribution in [3.63, 3.8) is 0 Å². The molecule has 1 aromatic carbocycles. The van der Waals surface area contributed by atoms with Crippen molar-refractivity contribution in [1.29, 1.82) is 0 Å². The zero-order valence-corrected chi connectivity index (χ0v) is 8.91. The quantitative estimate of drug-likeness (QED) is 0.780. The number of sulfonamides is 1. The van der Waals surface area contributed by atoms with Crippen molar-refractivity contribution >= 4 is 21.6 Å². The number of nitrogens with two attached hydrogens (primary N) is 1. The first-order valence-electron chi connectivity index (χ1n) is 3.62. The van der Waals surface area contributed by atoms with Crippen molar-refractivity contribution in [2.75, 3.05) is 0 Å². The average Bonchev–Trinajstić information content (AvgIpc) is 1.78. The Kier molecular flexibility index (Phi) is 2.66. The number of rotatable bonds is 1. The van der Waals surface area contributed by atoms with Gasteiger partial charge in [0, 0.05) is 0 Å². The summed E-state index contributed by atoms with van der Waals surface area (Å²) in [6.07, 6.45) is 0. The van der Waals surface area contributed by atoms with Gasteiger partial charge in [-0.15, -0.1) is 0 Å². The lowest BCUT2D eigenvalue weighted by Gasteiger charge is -2.06. The highest BCUT2D eigenvalue weighted by atomic mass is 35.5. The maximum Gasteiger partial charge on any atom is 0.239 e. The second kappa shape index (κ2) is 3.29. The highest BCUT2D eigenvalue weighted by Crippen LogP contribution is 2.25. The van der Waals surface area contributed by atoms with E-state index in [0.29, 0.717) is 5.56 Å². The van der Waals surface area contributed by atoms with Crippen LogP contribution in [0.1, 0.15) is 11.1 Å². The minimum atomic E-state index is -3.71. The monoisotopic (exact) mass is 219 g/mol. The molecule has 0 aliphatic carbocycles. The van der Waals surface area contributed by atoms with Gasteiger partial charge in [-0.2, -0.15) is 0 Å². The third-order valence-corrected chi connectivity index (χ3v) is 3.18. The van der Waals surface area contributed by atoms with Gasteiger partial charge in [0.15, 0.2) is 0 Å². The van der Waals surface area contributed by atoms with Crippen LogP contribution in [0.5, 0.6) is 0 Å². The largest absolute Gasteiger partial charge is 0.239 e. The molecule has 1 aromatic rings. The second-order valence-electron chi connectivity index (χ2n) is 2.94. The van der Waals surface area contributed by atoms with Crippen LogP contribution in [-0.2, 0) is 10.0 Å². The predicted octanol–water partition coefficient (Wildman–Crippen LogP) is 1.60. The SMILES string of the molecule is Cc1cc(C)c(S(N)(=O)=O)c(Cl)c1. The van der Waals surface area contributed by atoms with Gasteiger partial charge in [-0.05, 0) is 31.0 Å². The van der Waals surface area contributed by atoms with Gasteiger partial charge in [0.05, 0.1) is 5.02 Å². The Morgan fingerprint density at radius 2 is 1.85 bits per heavy atom. The first kappa shape index (κ1) is 10.5. The summed E-state index contributed by atoms with van der Waals surface area (Å²) in [6.45, 7) is 3.50. The molecule has 0 aliphatic rings. The van der Waals surface area contributed by atoms with E-state index in [4.69, 9.17) is 16.7 Å². The van der Waals surface area contributed by atoms with Crippen LogP contribution < -0.4 is 5.14 Å². The molecule has 2 N–H and O–H groups in total. The zero-order valence-electron chi connectivity index (χ0n) is 7.33. The standard InChI is InChI=1S/C8H10ClNO2S/c1-5-3-6(2)8(7(9)4-5)13(10,11)12/h3-4H,1-2H3,(H2,10,11,12). The van der Waals surface area contributed by atoms with Crippen molar-refractivity contribution in [3.8, 4) is 0 Å². The van der Waals surface area contributed by atoms with Gasteiger partial charge in [-0.1, -0.05) is 17.7 Å². The maximum atomic E-state index is 11.1. The Morgan fingerprint density at radius 1 is 1.31 bits per heavy atom. The van der Waals surface area contributed by atoms with Gasteiger partial charge in [0.2, 0.25) is 10.0 Å². The van der Waals surface area contributed by atoms with Crippen LogP contribution in [0.25, 0.3) is 0 Å². The van der Waals surface area contributed by atoms with Crippen LogP contribution >= 0.6 is 11.6 Å². The summed E-state index contributed by atoms with van der Waals surface area (Å²) in [6, 6.07) is 3.31. The van der Waals surface area contributed by atoms with Gasteiger partial charge in [-0.3, -0.25) is 0 Å². The van der Waals surface area contributed by atoms with Crippen molar-refractivity contribution < 1.29 is 8.42 Å². The minimum absolute atomic E-state index is 0.0137. The molecule has 5 heteroatoms. The van der Waals surface area contributed by atoms with E-state index in [1.165, 1.54) is 0 Å². The fraction of sp³-hybridized carbons (Fsp3) is 0.250. The molecule has 0 radical (unpaired) electrons. The van der Waals surface area contributed by atoms with Gasteiger partial charge < -0.3 is 0 Å². The van der Waals surface area contributed by atoms with Crippen LogP contribution in [0.3, 0.4) is 0 Å². The fourth-order valence-electron chi connectivity index (χ4n) is 1.26. The lowest BCUT2D eigenvalue weighted by Crippen LogP contribution is -2.14. The topological polar surface area (TPSA) is 60.2 Å². The molecule has 0 atom stereocenters. The molecule has 0 aliphatic heterocycles. The van der Waals surface area contributed by atoms with Crippen LogP contribution in [-0.4, -0.2) is 8.42 Å². The van der Waals surface area contributed by atoms with E-state index in [1.807, 2.05) is 6.92 Å². The molecule has 0 amide bonds. The lowest BCUT2D eigenvalue weighted by atomic mass is 10.2.